The second kappa shape index (κ2) is 3.77. The zero-order valence-electron chi connectivity index (χ0n) is 9.12. The van der Waals surface area contributed by atoms with Crippen LogP contribution in [0.4, 0.5) is 0 Å². The Hall–Kier alpha value is -0.760. The summed E-state index contributed by atoms with van der Waals surface area (Å²) in [4.78, 5) is 0. The van der Waals surface area contributed by atoms with Crippen molar-refractivity contribution < 1.29 is 9.15 Å². The number of hydrogen-bond donors (Lipinski definition) is 0. The molecule has 2 heterocycles. The Morgan fingerprint density at radius 1 is 1.29 bits per heavy atom. The van der Waals surface area contributed by atoms with E-state index in [4.69, 9.17) is 9.15 Å². The summed E-state index contributed by atoms with van der Waals surface area (Å²) >= 11 is 0. The fraction of sp³-hybridized carbons (Fsp3) is 0.667. The lowest BCUT2D eigenvalue weighted by atomic mass is 9.87. The van der Waals surface area contributed by atoms with Gasteiger partial charge in [-0.05, 0) is 23.0 Å². The van der Waals surface area contributed by atoms with Crippen LogP contribution in [0.2, 0.25) is 0 Å². The maximum atomic E-state index is 5.49. The first-order valence-electron chi connectivity index (χ1n) is 5.34. The van der Waals surface area contributed by atoms with E-state index in [9.17, 15) is 0 Å². The SMILES string of the molecule is CC(C)c1cocc1[C@@H]1COC[C@H]1C. The van der Waals surface area contributed by atoms with Crippen LogP contribution < -0.4 is 0 Å². The van der Waals surface area contributed by atoms with Crippen molar-refractivity contribution in [1.82, 2.24) is 0 Å². The van der Waals surface area contributed by atoms with Gasteiger partial charge >= 0.3 is 0 Å². The lowest BCUT2D eigenvalue weighted by Crippen LogP contribution is -2.08. The van der Waals surface area contributed by atoms with Crippen LogP contribution in [0, 0.1) is 5.92 Å². The Morgan fingerprint density at radius 2 is 2.07 bits per heavy atom. The molecule has 14 heavy (non-hydrogen) atoms. The van der Waals surface area contributed by atoms with Crippen molar-refractivity contribution in [2.75, 3.05) is 13.2 Å². The third-order valence-electron chi connectivity index (χ3n) is 3.11. The van der Waals surface area contributed by atoms with E-state index in [1.54, 1.807) is 0 Å². The van der Waals surface area contributed by atoms with Crippen LogP contribution in [0.5, 0.6) is 0 Å². The molecule has 2 heteroatoms. The zero-order valence-corrected chi connectivity index (χ0v) is 9.12. The standard InChI is InChI=1S/C12H18O2/c1-8(2)10-5-14-7-12(10)11-6-13-4-9(11)3/h5,7-9,11H,4,6H2,1-3H3/t9-,11-/m1/s1. The van der Waals surface area contributed by atoms with Gasteiger partial charge in [-0.15, -0.1) is 0 Å². The molecule has 0 aromatic carbocycles. The van der Waals surface area contributed by atoms with Gasteiger partial charge in [-0.2, -0.15) is 0 Å². The van der Waals surface area contributed by atoms with E-state index in [0.717, 1.165) is 13.2 Å². The third-order valence-corrected chi connectivity index (χ3v) is 3.11. The van der Waals surface area contributed by atoms with Crippen molar-refractivity contribution in [1.29, 1.82) is 0 Å². The Balaban J connectivity index is 2.26. The van der Waals surface area contributed by atoms with Crippen LogP contribution in [0.15, 0.2) is 16.9 Å². The van der Waals surface area contributed by atoms with Gasteiger partial charge in [-0.3, -0.25) is 0 Å². The largest absolute Gasteiger partial charge is 0.472 e. The minimum Gasteiger partial charge on any atom is -0.472 e. The van der Waals surface area contributed by atoms with Crippen LogP contribution >= 0.6 is 0 Å². The van der Waals surface area contributed by atoms with Gasteiger partial charge in [-0.1, -0.05) is 20.8 Å². The molecule has 0 radical (unpaired) electrons. The second-order valence-corrected chi connectivity index (χ2v) is 4.56. The first-order valence-corrected chi connectivity index (χ1v) is 5.34. The highest BCUT2D eigenvalue weighted by Crippen LogP contribution is 2.35. The lowest BCUT2D eigenvalue weighted by Gasteiger charge is -2.14. The zero-order chi connectivity index (χ0) is 10.1. The van der Waals surface area contributed by atoms with Crippen molar-refractivity contribution in [2.45, 2.75) is 32.6 Å². The molecule has 1 aliphatic rings. The molecule has 1 aromatic rings. The Kier molecular flexibility index (Phi) is 2.64. The Morgan fingerprint density at radius 3 is 2.64 bits per heavy atom. The maximum absolute atomic E-state index is 5.49. The molecule has 1 fully saturated rings. The normalized spacial score (nSPS) is 27.4. The molecular weight excluding hydrogens is 176 g/mol. The van der Waals surface area contributed by atoms with Crippen molar-refractivity contribution >= 4 is 0 Å². The molecule has 2 rings (SSSR count). The van der Waals surface area contributed by atoms with E-state index in [2.05, 4.69) is 20.8 Å². The van der Waals surface area contributed by atoms with E-state index in [-0.39, 0.29) is 0 Å². The van der Waals surface area contributed by atoms with E-state index >= 15 is 0 Å². The van der Waals surface area contributed by atoms with Crippen molar-refractivity contribution in [3.05, 3.63) is 23.7 Å². The second-order valence-electron chi connectivity index (χ2n) is 4.56. The first kappa shape index (κ1) is 9.78. The summed E-state index contributed by atoms with van der Waals surface area (Å²) in [7, 11) is 0. The topological polar surface area (TPSA) is 22.4 Å². The van der Waals surface area contributed by atoms with Crippen molar-refractivity contribution in [2.24, 2.45) is 5.92 Å². The monoisotopic (exact) mass is 194 g/mol. The first-order chi connectivity index (χ1) is 6.70. The molecule has 0 unspecified atom stereocenters. The van der Waals surface area contributed by atoms with Gasteiger partial charge in [0.1, 0.15) is 0 Å². The fourth-order valence-corrected chi connectivity index (χ4v) is 2.15. The van der Waals surface area contributed by atoms with Crippen molar-refractivity contribution in [3.63, 3.8) is 0 Å². The quantitative estimate of drug-likeness (QED) is 0.721. The van der Waals surface area contributed by atoms with E-state index in [0.29, 0.717) is 17.8 Å². The molecule has 0 aliphatic carbocycles. The third kappa shape index (κ3) is 1.59. The minimum atomic E-state index is 0.533. The Labute approximate surface area is 85.3 Å². The predicted octanol–water partition coefficient (Wildman–Crippen LogP) is 3.15. The van der Waals surface area contributed by atoms with Gasteiger partial charge in [0.05, 0.1) is 19.1 Å². The van der Waals surface area contributed by atoms with Crippen LogP contribution in [0.1, 0.15) is 43.7 Å². The highest BCUT2D eigenvalue weighted by molar-refractivity contribution is 5.29. The average Bonchev–Trinajstić information content (AvgIpc) is 2.70. The molecule has 0 amide bonds. The van der Waals surface area contributed by atoms with Crippen molar-refractivity contribution in [3.8, 4) is 0 Å². The molecule has 0 saturated carbocycles. The minimum absolute atomic E-state index is 0.533. The smallest absolute Gasteiger partial charge is 0.0941 e. The van der Waals surface area contributed by atoms with E-state index in [1.165, 1.54) is 11.1 Å². The maximum Gasteiger partial charge on any atom is 0.0941 e. The molecule has 1 saturated heterocycles. The summed E-state index contributed by atoms with van der Waals surface area (Å²) in [6, 6.07) is 0. The molecule has 0 bridgehead atoms. The molecule has 1 aliphatic heterocycles. The van der Waals surface area contributed by atoms with Gasteiger partial charge < -0.3 is 9.15 Å². The predicted molar refractivity (Wildman–Crippen MR) is 55.5 cm³/mol. The van der Waals surface area contributed by atoms with Crippen LogP contribution in [-0.2, 0) is 4.74 Å². The van der Waals surface area contributed by atoms with Gasteiger partial charge in [0.2, 0.25) is 0 Å². The summed E-state index contributed by atoms with van der Waals surface area (Å²) < 4.78 is 10.8. The highest BCUT2D eigenvalue weighted by Gasteiger charge is 2.29. The molecule has 0 N–H and O–H groups in total. The summed E-state index contributed by atoms with van der Waals surface area (Å²) in [6.45, 7) is 8.38. The number of ether oxygens (including phenoxy) is 1. The van der Waals surface area contributed by atoms with Gasteiger partial charge in [0.25, 0.3) is 0 Å². The molecule has 78 valence electrons. The number of hydrogen-bond acceptors (Lipinski definition) is 2. The van der Waals surface area contributed by atoms with Crippen LogP contribution in [0.3, 0.4) is 0 Å². The summed E-state index contributed by atoms with van der Waals surface area (Å²) in [6.07, 6.45) is 3.77. The van der Waals surface area contributed by atoms with Crippen LogP contribution in [-0.4, -0.2) is 13.2 Å². The summed E-state index contributed by atoms with van der Waals surface area (Å²) in [5.41, 5.74) is 2.69. The highest BCUT2D eigenvalue weighted by atomic mass is 16.5. The van der Waals surface area contributed by atoms with Gasteiger partial charge in [-0.25, -0.2) is 0 Å². The van der Waals surface area contributed by atoms with E-state index < -0.39 is 0 Å². The van der Waals surface area contributed by atoms with Crippen LogP contribution in [0.25, 0.3) is 0 Å². The van der Waals surface area contributed by atoms with E-state index in [1.807, 2.05) is 12.5 Å². The number of furan rings is 1. The molecule has 0 spiro atoms. The molecular formula is C12H18O2. The average molecular weight is 194 g/mol. The summed E-state index contributed by atoms with van der Waals surface area (Å²) in [5, 5.41) is 0. The van der Waals surface area contributed by atoms with Gasteiger partial charge in [0, 0.05) is 12.5 Å². The Bertz CT molecular complexity index is 301. The molecule has 2 nitrogen and oxygen atoms in total. The molecule has 2 atom stereocenters. The summed E-state index contributed by atoms with van der Waals surface area (Å²) in [5.74, 6) is 1.69. The van der Waals surface area contributed by atoms with Gasteiger partial charge in [0.15, 0.2) is 0 Å². The molecule has 1 aromatic heterocycles. The fourth-order valence-electron chi connectivity index (χ4n) is 2.15. The number of rotatable bonds is 2. The lowest BCUT2D eigenvalue weighted by molar-refractivity contribution is 0.186.